The summed E-state index contributed by atoms with van der Waals surface area (Å²) in [7, 11) is 1.45. The molecule has 0 aliphatic carbocycles. The summed E-state index contributed by atoms with van der Waals surface area (Å²) in [4.78, 5) is 35.3. The van der Waals surface area contributed by atoms with Gasteiger partial charge in [0, 0.05) is 35.7 Å². The van der Waals surface area contributed by atoms with Crippen LogP contribution in [-0.2, 0) is 22.7 Å². The van der Waals surface area contributed by atoms with Crippen LogP contribution < -0.4 is 10.9 Å². The highest BCUT2D eigenvalue weighted by Crippen LogP contribution is 2.22. The monoisotopic (exact) mass is 370 g/mol. The standard InChI is InChI=1S/C18H18N4O5/c1-11-4-5-14(7-16(11)22(25)26)20-17(23)9-21-12(2)6-13(10-27-3)15(8-19)18(21)24/h4-7H,9-10H2,1-3H3,(H,20,23). The molecular weight excluding hydrogens is 352 g/mol. The molecule has 0 atom stereocenters. The highest BCUT2D eigenvalue weighted by atomic mass is 16.6. The van der Waals surface area contributed by atoms with Crippen molar-refractivity contribution in [1.82, 2.24) is 4.57 Å². The highest BCUT2D eigenvalue weighted by Gasteiger charge is 2.16. The van der Waals surface area contributed by atoms with Crippen molar-refractivity contribution in [2.24, 2.45) is 0 Å². The van der Waals surface area contributed by atoms with Gasteiger partial charge in [-0.25, -0.2) is 0 Å². The van der Waals surface area contributed by atoms with Crippen LogP contribution in [0.4, 0.5) is 11.4 Å². The molecule has 0 aliphatic rings. The van der Waals surface area contributed by atoms with Crippen LogP contribution in [0.3, 0.4) is 0 Å². The number of ether oxygens (including phenoxy) is 1. The normalized spacial score (nSPS) is 10.3. The van der Waals surface area contributed by atoms with E-state index in [1.54, 1.807) is 19.9 Å². The molecule has 1 amide bonds. The third-order valence-electron chi connectivity index (χ3n) is 3.99. The predicted molar refractivity (Wildman–Crippen MR) is 97.3 cm³/mol. The van der Waals surface area contributed by atoms with E-state index >= 15 is 0 Å². The van der Waals surface area contributed by atoms with Crippen LogP contribution in [0.2, 0.25) is 0 Å². The van der Waals surface area contributed by atoms with Crippen LogP contribution in [0.25, 0.3) is 0 Å². The number of nitriles is 1. The van der Waals surface area contributed by atoms with Crippen LogP contribution in [0.5, 0.6) is 0 Å². The topological polar surface area (TPSA) is 127 Å². The van der Waals surface area contributed by atoms with E-state index in [1.807, 2.05) is 6.07 Å². The van der Waals surface area contributed by atoms with E-state index in [0.717, 1.165) is 0 Å². The number of pyridine rings is 1. The molecule has 0 unspecified atom stereocenters. The van der Waals surface area contributed by atoms with Crippen LogP contribution in [-0.4, -0.2) is 22.5 Å². The summed E-state index contributed by atoms with van der Waals surface area (Å²) in [6, 6.07) is 7.79. The van der Waals surface area contributed by atoms with Crippen molar-refractivity contribution in [1.29, 1.82) is 5.26 Å². The molecule has 1 heterocycles. The quantitative estimate of drug-likeness (QED) is 0.612. The number of hydrogen-bond donors (Lipinski definition) is 1. The molecule has 9 nitrogen and oxygen atoms in total. The Morgan fingerprint density at radius 2 is 2.07 bits per heavy atom. The molecule has 0 fully saturated rings. The van der Waals surface area contributed by atoms with Crippen LogP contribution in [0.15, 0.2) is 29.1 Å². The third kappa shape index (κ3) is 4.37. The number of nitrogens with zero attached hydrogens (tertiary/aromatic N) is 3. The molecule has 0 radical (unpaired) electrons. The van der Waals surface area contributed by atoms with Gasteiger partial charge in [-0.15, -0.1) is 0 Å². The first kappa shape index (κ1) is 19.8. The van der Waals surface area contributed by atoms with Crippen LogP contribution in [0, 0.1) is 35.3 Å². The summed E-state index contributed by atoms with van der Waals surface area (Å²) >= 11 is 0. The number of amides is 1. The van der Waals surface area contributed by atoms with Gasteiger partial charge in [0.05, 0.1) is 11.5 Å². The molecule has 1 N–H and O–H groups in total. The molecule has 140 valence electrons. The number of nitro benzene ring substituents is 1. The van der Waals surface area contributed by atoms with Gasteiger partial charge in [-0.05, 0) is 26.0 Å². The Bertz CT molecular complexity index is 1000. The minimum atomic E-state index is -0.588. The largest absolute Gasteiger partial charge is 0.380 e. The van der Waals surface area contributed by atoms with E-state index in [1.165, 1.54) is 29.9 Å². The summed E-state index contributed by atoms with van der Waals surface area (Å²) in [6.45, 7) is 3.02. The number of methoxy groups -OCH3 is 1. The Hall–Kier alpha value is -3.51. The first-order valence-corrected chi connectivity index (χ1v) is 7.95. The predicted octanol–water partition coefficient (Wildman–Crippen LogP) is 2.03. The second kappa shape index (κ2) is 8.25. The van der Waals surface area contributed by atoms with Gasteiger partial charge in [0.15, 0.2) is 0 Å². The Morgan fingerprint density at radius 1 is 1.37 bits per heavy atom. The van der Waals surface area contributed by atoms with E-state index in [4.69, 9.17) is 4.74 Å². The Labute approximate surface area is 155 Å². The average molecular weight is 370 g/mol. The lowest BCUT2D eigenvalue weighted by Gasteiger charge is -2.13. The number of benzene rings is 1. The van der Waals surface area contributed by atoms with Gasteiger partial charge >= 0.3 is 0 Å². The van der Waals surface area contributed by atoms with Gasteiger partial charge < -0.3 is 14.6 Å². The molecular formula is C18H18N4O5. The molecule has 0 bridgehead atoms. The molecule has 2 aromatic rings. The number of hydrogen-bond acceptors (Lipinski definition) is 6. The number of nitro groups is 1. The summed E-state index contributed by atoms with van der Waals surface area (Å²) in [5, 5.41) is 22.8. The second-order valence-electron chi connectivity index (χ2n) is 5.93. The maximum atomic E-state index is 12.5. The van der Waals surface area contributed by atoms with Gasteiger partial charge in [0.1, 0.15) is 18.2 Å². The minimum Gasteiger partial charge on any atom is -0.380 e. The van der Waals surface area contributed by atoms with Gasteiger partial charge in [-0.1, -0.05) is 6.07 Å². The van der Waals surface area contributed by atoms with Crippen molar-refractivity contribution >= 4 is 17.3 Å². The van der Waals surface area contributed by atoms with Crippen molar-refractivity contribution in [3.8, 4) is 6.07 Å². The molecule has 27 heavy (non-hydrogen) atoms. The number of nitrogens with one attached hydrogen (secondary N) is 1. The lowest BCUT2D eigenvalue weighted by molar-refractivity contribution is -0.385. The third-order valence-corrected chi connectivity index (χ3v) is 3.99. The lowest BCUT2D eigenvalue weighted by Crippen LogP contribution is -2.31. The second-order valence-corrected chi connectivity index (χ2v) is 5.93. The maximum absolute atomic E-state index is 12.5. The zero-order chi connectivity index (χ0) is 20.1. The number of aryl methyl sites for hydroxylation is 2. The van der Waals surface area contributed by atoms with E-state index in [0.29, 0.717) is 16.8 Å². The van der Waals surface area contributed by atoms with Crippen molar-refractivity contribution in [3.63, 3.8) is 0 Å². The van der Waals surface area contributed by atoms with E-state index in [9.17, 15) is 25.0 Å². The van der Waals surface area contributed by atoms with Gasteiger partial charge in [0.2, 0.25) is 5.91 Å². The van der Waals surface area contributed by atoms with Crippen molar-refractivity contribution in [3.05, 3.63) is 67.1 Å². The Morgan fingerprint density at radius 3 is 2.67 bits per heavy atom. The Balaban J connectivity index is 2.29. The molecule has 9 heteroatoms. The van der Waals surface area contributed by atoms with Crippen molar-refractivity contribution in [2.75, 3.05) is 12.4 Å². The fourth-order valence-corrected chi connectivity index (χ4v) is 2.65. The molecule has 1 aromatic heterocycles. The summed E-state index contributed by atoms with van der Waals surface area (Å²) in [5.41, 5.74) is 0.883. The van der Waals surface area contributed by atoms with Gasteiger partial charge in [-0.2, -0.15) is 5.26 Å². The molecule has 2 rings (SSSR count). The number of carbonyl (C=O) groups excluding carboxylic acids is 1. The Kier molecular flexibility index (Phi) is 6.05. The molecule has 0 spiro atoms. The molecule has 1 aromatic carbocycles. The van der Waals surface area contributed by atoms with Crippen LogP contribution in [0.1, 0.15) is 22.4 Å². The lowest BCUT2D eigenvalue weighted by atomic mass is 10.1. The molecule has 0 aliphatic heterocycles. The van der Waals surface area contributed by atoms with Crippen LogP contribution >= 0.6 is 0 Å². The SMILES string of the molecule is COCc1cc(C)n(CC(=O)Nc2ccc(C)c([N+](=O)[O-])c2)c(=O)c1C#N. The first-order valence-electron chi connectivity index (χ1n) is 7.95. The number of aromatic nitrogens is 1. The summed E-state index contributed by atoms with van der Waals surface area (Å²) < 4.78 is 6.16. The maximum Gasteiger partial charge on any atom is 0.274 e. The fraction of sp³-hybridized carbons (Fsp3) is 0.278. The van der Waals surface area contributed by atoms with E-state index in [2.05, 4.69) is 5.32 Å². The first-order chi connectivity index (χ1) is 12.8. The zero-order valence-corrected chi connectivity index (χ0v) is 15.1. The van der Waals surface area contributed by atoms with E-state index < -0.39 is 16.4 Å². The number of carbonyl (C=O) groups is 1. The van der Waals surface area contributed by atoms with Crippen molar-refractivity contribution in [2.45, 2.75) is 27.0 Å². The highest BCUT2D eigenvalue weighted by molar-refractivity contribution is 5.91. The summed E-state index contributed by atoms with van der Waals surface area (Å²) in [6.07, 6.45) is 0. The zero-order valence-electron chi connectivity index (χ0n) is 15.1. The van der Waals surface area contributed by atoms with Gasteiger partial charge in [0.25, 0.3) is 11.2 Å². The average Bonchev–Trinajstić information content (AvgIpc) is 2.60. The number of rotatable bonds is 6. The molecule has 0 saturated heterocycles. The molecule has 0 saturated carbocycles. The minimum absolute atomic E-state index is 0.0822. The van der Waals surface area contributed by atoms with Gasteiger partial charge in [-0.3, -0.25) is 19.7 Å². The smallest absolute Gasteiger partial charge is 0.274 e. The van der Waals surface area contributed by atoms with Crippen molar-refractivity contribution < 1.29 is 14.5 Å². The fourth-order valence-electron chi connectivity index (χ4n) is 2.65. The van der Waals surface area contributed by atoms with E-state index in [-0.39, 0.29) is 30.1 Å². The summed E-state index contributed by atoms with van der Waals surface area (Å²) in [5.74, 6) is -0.540. The number of anilines is 1.